The fourth-order valence-corrected chi connectivity index (χ4v) is 5.22. The number of sulfonamides is 1. The van der Waals surface area contributed by atoms with Crippen LogP contribution in [-0.4, -0.2) is 34.7 Å². The van der Waals surface area contributed by atoms with E-state index >= 15 is 0 Å². The van der Waals surface area contributed by atoms with Gasteiger partial charge in [0.05, 0.1) is 28.9 Å². The fourth-order valence-electron chi connectivity index (χ4n) is 2.31. The third kappa shape index (κ3) is 4.00. The highest BCUT2D eigenvalue weighted by Gasteiger charge is 2.21. The zero-order valence-corrected chi connectivity index (χ0v) is 15.9. The molecule has 1 fully saturated rings. The Morgan fingerprint density at radius 3 is 2.61 bits per heavy atom. The predicted octanol–water partition coefficient (Wildman–Crippen LogP) is 3.80. The summed E-state index contributed by atoms with van der Waals surface area (Å²) in [5.74, 6) is 0. The molecule has 2 heterocycles. The molecule has 1 aromatic carbocycles. The summed E-state index contributed by atoms with van der Waals surface area (Å²) >= 11 is 10.3. The van der Waals surface area contributed by atoms with Crippen molar-refractivity contribution in [3.63, 3.8) is 0 Å². The highest BCUT2D eigenvalue weighted by molar-refractivity contribution is 9.10. The summed E-state index contributed by atoms with van der Waals surface area (Å²) in [6, 6.07) is 8.63. The quantitative estimate of drug-likeness (QED) is 0.790. The van der Waals surface area contributed by atoms with Gasteiger partial charge in [0.1, 0.15) is 4.21 Å². The Morgan fingerprint density at radius 2 is 1.96 bits per heavy atom. The summed E-state index contributed by atoms with van der Waals surface area (Å²) in [7, 11) is -3.67. The van der Waals surface area contributed by atoms with E-state index in [0.717, 1.165) is 34.6 Å². The zero-order valence-electron chi connectivity index (χ0n) is 12.0. The van der Waals surface area contributed by atoms with Crippen LogP contribution in [0.1, 0.15) is 0 Å². The lowest BCUT2D eigenvalue weighted by Crippen LogP contribution is -2.36. The second-order valence-electron chi connectivity index (χ2n) is 4.92. The molecule has 0 bridgehead atoms. The minimum absolute atomic E-state index is 0.190. The van der Waals surface area contributed by atoms with Crippen LogP contribution >= 0.6 is 38.9 Å². The molecule has 23 heavy (non-hydrogen) atoms. The monoisotopic (exact) mass is 436 g/mol. The van der Waals surface area contributed by atoms with Crippen LogP contribution in [0.4, 0.5) is 11.4 Å². The van der Waals surface area contributed by atoms with E-state index in [9.17, 15) is 8.42 Å². The van der Waals surface area contributed by atoms with Crippen molar-refractivity contribution in [3.05, 3.63) is 39.1 Å². The van der Waals surface area contributed by atoms with E-state index in [4.69, 9.17) is 16.3 Å². The van der Waals surface area contributed by atoms with Gasteiger partial charge >= 0.3 is 0 Å². The molecule has 0 radical (unpaired) electrons. The van der Waals surface area contributed by atoms with Crippen molar-refractivity contribution < 1.29 is 13.2 Å². The lowest BCUT2D eigenvalue weighted by Gasteiger charge is -2.30. The summed E-state index contributed by atoms with van der Waals surface area (Å²) in [6.45, 7) is 2.70. The maximum atomic E-state index is 12.5. The molecule has 0 aliphatic carbocycles. The topological polar surface area (TPSA) is 58.6 Å². The first-order valence-corrected chi connectivity index (χ1v) is 10.3. The van der Waals surface area contributed by atoms with Crippen molar-refractivity contribution in [1.82, 2.24) is 0 Å². The highest BCUT2D eigenvalue weighted by Crippen LogP contribution is 2.33. The summed E-state index contributed by atoms with van der Waals surface area (Å²) in [6.07, 6.45) is 0. The molecule has 0 saturated carbocycles. The number of benzene rings is 1. The first-order valence-electron chi connectivity index (χ1n) is 6.86. The third-order valence-corrected chi connectivity index (χ3v) is 6.95. The van der Waals surface area contributed by atoms with E-state index in [0.29, 0.717) is 23.2 Å². The van der Waals surface area contributed by atoms with Crippen molar-refractivity contribution in [2.75, 3.05) is 35.9 Å². The van der Waals surface area contributed by atoms with Crippen LogP contribution in [-0.2, 0) is 14.8 Å². The van der Waals surface area contributed by atoms with E-state index in [2.05, 4.69) is 25.6 Å². The summed E-state index contributed by atoms with van der Waals surface area (Å²) < 4.78 is 34.5. The Bertz CT molecular complexity index is 804. The van der Waals surface area contributed by atoms with Gasteiger partial charge in [0.2, 0.25) is 0 Å². The molecule has 0 spiro atoms. The van der Waals surface area contributed by atoms with E-state index < -0.39 is 10.0 Å². The summed E-state index contributed by atoms with van der Waals surface area (Å²) in [5.41, 5.74) is 1.37. The lowest BCUT2D eigenvalue weighted by atomic mass is 10.2. The van der Waals surface area contributed by atoms with Crippen molar-refractivity contribution in [2.45, 2.75) is 4.21 Å². The lowest BCUT2D eigenvalue weighted by molar-refractivity contribution is 0.123. The number of nitrogens with zero attached hydrogens (tertiary/aromatic N) is 1. The van der Waals surface area contributed by atoms with Gasteiger partial charge in [0.15, 0.2) is 0 Å². The van der Waals surface area contributed by atoms with Crippen molar-refractivity contribution in [3.8, 4) is 0 Å². The molecular weight excluding hydrogens is 424 g/mol. The summed E-state index contributed by atoms with van der Waals surface area (Å²) in [5, 5.41) is 0. The molecular formula is C14H14BrClN2O3S2. The Hall–Kier alpha value is -0.800. The molecule has 5 nitrogen and oxygen atoms in total. The normalized spacial score (nSPS) is 15.7. The van der Waals surface area contributed by atoms with Crippen LogP contribution in [0.15, 0.2) is 39.0 Å². The fraction of sp³-hybridized carbons (Fsp3) is 0.286. The molecule has 0 amide bonds. The molecule has 1 N–H and O–H groups in total. The molecule has 2 aromatic rings. The molecule has 9 heteroatoms. The standard InChI is InChI=1S/C14H14BrClN2O3S2/c15-10-1-2-12(18-5-7-21-8-6-18)11(9-10)17-23(19,20)14-4-3-13(16)22-14/h1-4,9,17H,5-8H2. The summed E-state index contributed by atoms with van der Waals surface area (Å²) in [4.78, 5) is 2.11. The smallest absolute Gasteiger partial charge is 0.271 e. The SMILES string of the molecule is O=S(=O)(Nc1cc(Br)ccc1N1CCOCC1)c1ccc(Cl)s1. The molecule has 0 unspecified atom stereocenters. The number of halogens is 2. The van der Waals surface area contributed by atoms with E-state index in [-0.39, 0.29) is 4.21 Å². The van der Waals surface area contributed by atoms with E-state index in [1.54, 1.807) is 12.1 Å². The van der Waals surface area contributed by atoms with Crippen molar-refractivity contribution >= 4 is 60.3 Å². The largest absolute Gasteiger partial charge is 0.378 e. The number of anilines is 2. The molecule has 1 aliphatic rings. The maximum Gasteiger partial charge on any atom is 0.271 e. The van der Waals surface area contributed by atoms with Gasteiger partial charge in [-0.15, -0.1) is 11.3 Å². The average molecular weight is 438 g/mol. The molecule has 3 rings (SSSR count). The molecule has 1 aliphatic heterocycles. The highest BCUT2D eigenvalue weighted by atomic mass is 79.9. The van der Waals surface area contributed by atoms with Gasteiger partial charge in [-0.2, -0.15) is 0 Å². The Kier molecular flexibility index (Phi) is 5.17. The van der Waals surface area contributed by atoms with Gasteiger partial charge in [-0.3, -0.25) is 4.72 Å². The van der Waals surface area contributed by atoms with Gasteiger partial charge < -0.3 is 9.64 Å². The van der Waals surface area contributed by atoms with Crippen LogP contribution in [0.5, 0.6) is 0 Å². The molecule has 0 atom stereocenters. The van der Waals surface area contributed by atoms with Gasteiger partial charge in [-0.1, -0.05) is 27.5 Å². The molecule has 124 valence electrons. The van der Waals surface area contributed by atoms with Crippen LogP contribution in [0.3, 0.4) is 0 Å². The van der Waals surface area contributed by atoms with Crippen LogP contribution in [0.25, 0.3) is 0 Å². The number of ether oxygens (including phenoxy) is 1. The molecule has 1 saturated heterocycles. The van der Waals surface area contributed by atoms with Crippen LogP contribution < -0.4 is 9.62 Å². The second kappa shape index (κ2) is 6.98. The Balaban J connectivity index is 1.93. The minimum atomic E-state index is -3.67. The molecule has 1 aromatic heterocycles. The van der Waals surface area contributed by atoms with Crippen LogP contribution in [0, 0.1) is 0 Å². The maximum absolute atomic E-state index is 12.5. The van der Waals surface area contributed by atoms with E-state index in [1.165, 1.54) is 6.07 Å². The van der Waals surface area contributed by atoms with Gasteiger partial charge in [0, 0.05) is 17.6 Å². The number of thiophene rings is 1. The number of morpholine rings is 1. The average Bonchev–Trinajstić information content (AvgIpc) is 2.95. The Morgan fingerprint density at radius 1 is 1.22 bits per heavy atom. The van der Waals surface area contributed by atoms with Crippen LogP contribution in [0.2, 0.25) is 4.34 Å². The Labute approximate surface area is 152 Å². The van der Waals surface area contributed by atoms with Crippen molar-refractivity contribution in [2.24, 2.45) is 0 Å². The minimum Gasteiger partial charge on any atom is -0.378 e. The number of nitrogens with one attached hydrogen (secondary N) is 1. The van der Waals surface area contributed by atoms with Gasteiger partial charge in [-0.25, -0.2) is 8.42 Å². The predicted molar refractivity (Wildman–Crippen MR) is 97.3 cm³/mol. The zero-order chi connectivity index (χ0) is 16.4. The number of hydrogen-bond donors (Lipinski definition) is 1. The first-order chi connectivity index (χ1) is 11.0. The van der Waals surface area contributed by atoms with E-state index in [1.807, 2.05) is 12.1 Å². The number of hydrogen-bond acceptors (Lipinski definition) is 5. The second-order valence-corrected chi connectivity index (χ2v) is 9.46. The van der Waals surface area contributed by atoms with Gasteiger partial charge in [-0.05, 0) is 30.3 Å². The first kappa shape index (κ1) is 17.0. The van der Waals surface area contributed by atoms with Crippen molar-refractivity contribution in [1.29, 1.82) is 0 Å². The van der Waals surface area contributed by atoms with Gasteiger partial charge in [0.25, 0.3) is 10.0 Å². The third-order valence-electron chi connectivity index (χ3n) is 3.37. The number of rotatable bonds is 4.